The second kappa shape index (κ2) is 13.1. The Morgan fingerprint density at radius 1 is 1.23 bits per heavy atom. The lowest BCUT2D eigenvalue weighted by molar-refractivity contribution is -0.147. The largest absolute Gasteiger partial charge is 0.464 e. The van der Waals surface area contributed by atoms with Crippen molar-refractivity contribution in [2.24, 2.45) is 11.7 Å². The molecule has 43 heavy (non-hydrogen) atoms. The third kappa shape index (κ3) is 6.56. The average molecular weight is 614 g/mol. The van der Waals surface area contributed by atoms with Crippen molar-refractivity contribution in [1.82, 2.24) is 20.9 Å². The van der Waals surface area contributed by atoms with Gasteiger partial charge in [-0.05, 0) is 25.3 Å². The molecule has 4 amide bonds. The summed E-state index contributed by atoms with van der Waals surface area (Å²) in [7, 11) is -1.15. The third-order valence-electron chi connectivity index (χ3n) is 7.64. The van der Waals surface area contributed by atoms with Crippen LogP contribution >= 0.6 is 0 Å². The number of likely N-dealkylation sites (tertiary alicyclic amines) is 1. The van der Waals surface area contributed by atoms with Crippen LogP contribution in [0.4, 0.5) is 10.5 Å². The molecule has 6 N–H and O–H groups in total. The lowest BCUT2D eigenvalue weighted by Crippen LogP contribution is -2.57. The zero-order valence-electron chi connectivity index (χ0n) is 24.0. The van der Waals surface area contributed by atoms with Crippen LogP contribution in [0.5, 0.6) is 0 Å². The van der Waals surface area contributed by atoms with Crippen molar-refractivity contribution in [3.05, 3.63) is 53.6 Å². The first-order valence-corrected chi connectivity index (χ1v) is 14.9. The first kappa shape index (κ1) is 31.3. The molecule has 0 spiro atoms. The smallest absolute Gasteiger partial charge is 0.330 e. The van der Waals surface area contributed by atoms with Gasteiger partial charge in [-0.3, -0.25) is 15.0 Å². The maximum Gasteiger partial charge on any atom is 0.330 e. The molecule has 2 heterocycles. The Balaban J connectivity index is 1.38. The van der Waals surface area contributed by atoms with E-state index in [4.69, 9.17) is 15.9 Å². The van der Waals surface area contributed by atoms with E-state index in [1.54, 1.807) is 49.2 Å². The van der Waals surface area contributed by atoms with Gasteiger partial charge < -0.3 is 36.2 Å². The average Bonchev–Trinajstić information content (AvgIpc) is 3.47. The third-order valence-corrected chi connectivity index (χ3v) is 8.44. The number of nitrogens with two attached hydrogens (primary N) is 1. The van der Waals surface area contributed by atoms with Crippen LogP contribution in [-0.4, -0.2) is 98.7 Å². The van der Waals surface area contributed by atoms with E-state index >= 15 is 0 Å². The number of likely N-dealkylation sites (N-methyl/N-ethyl adjacent to an activating group) is 1. The molecular formula is C28H35N7O7S. The summed E-state index contributed by atoms with van der Waals surface area (Å²) in [6.45, 7) is 3.55. The molecule has 0 aromatic heterocycles. The zero-order chi connectivity index (χ0) is 31.4. The lowest BCUT2D eigenvalue weighted by Gasteiger charge is -2.31. The van der Waals surface area contributed by atoms with Crippen molar-refractivity contribution in [2.45, 2.75) is 44.4 Å². The number of nitrogens with one attached hydrogen (secondary N) is 4. The fourth-order valence-corrected chi connectivity index (χ4v) is 6.33. The predicted octanol–water partition coefficient (Wildman–Crippen LogP) is -0.711. The maximum absolute atomic E-state index is 13.3. The minimum atomic E-state index is -2.72. The molecule has 1 aromatic rings. The van der Waals surface area contributed by atoms with Crippen LogP contribution in [0.2, 0.25) is 0 Å². The van der Waals surface area contributed by atoms with E-state index in [0.717, 1.165) is 0 Å². The number of carbonyl (C=O) groups is 4. The molecule has 0 radical (unpaired) electrons. The SMILES string of the molecule is CCOC(=O)C(CNC(=O)NC1CCN(C2C=CC(C(=N)N)=CC2C)C1=O)NC(=O)C1C(=S(=O)=O)c2ccccc2N1C. The molecule has 5 unspecified atom stereocenters. The van der Waals surface area contributed by atoms with E-state index in [1.165, 1.54) is 4.90 Å². The summed E-state index contributed by atoms with van der Waals surface area (Å²) in [4.78, 5) is 54.9. The number of rotatable bonds is 9. The molecule has 4 rings (SSSR count). The van der Waals surface area contributed by atoms with E-state index in [1.807, 2.05) is 19.1 Å². The summed E-state index contributed by atoms with van der Waals surface area (Å²) in [5.41, 5.74) is 7.08. The molecule has 0 bridgehead atoms. The lowest BCUT2D eigenvalue weighted by atomic mass is 9.91. The van der Waals surface area contributed by atoms with Gasteiger partial charge in [0.1, 0.15) is 28.8 Å². The highest BCUT2D eigenvalue weighted by atomic mass is 32.2. The van der Waals surface area contributed by atoms with E-state index in [2.05, 4.69) is 16.0 Å². The van der Waals surface area contributed by atoms with Crippen LogP contribution < -0.4 is 26.6 Å². The minimum Gasteiger partial charge on any atom is -0.464 e. The maximum atomic E-state index is 13.3. The highest BCUT2D eigenvalue weighted by Crippen LogP contribution is 2.31. The van der Waals surface area contributed by atoms with E-state index < -0.39 is 46.3 Å². The zero-order valence-corrected chi connectivity index (χ0v) is 24.8. The number of amidine groups is 1. The van der Waals surface area contributed by atoms with Gasteiger partial charge in [-0.1, -0.05) is 43.4 Å². The number of esters is 1. The first-order valence-electron chi connectivity index (χ1n) is 13.8. The molecule has 3 aliphatic rings. The summed E-state index contributed by atoms with van der Waals surface area (Å²) in [6, 6.07) is 2.30. The second-order valence-corrected chi connectivity index (χ2v) is 11.3. The van der Waals surface area contributed by atoms with Gasteiger partial charge in [-0.2, -0.15) is 8.42 Å². The Bertz CT molecular complexity index is 1530. The van der Waals surface area contributed by atoms with Crippen LogP contribution in [0, 0.1) is 11.3 Å². The fraction of sp³-hybridized carbons (Fsp3) is 0.429. The number of nitrogens with zero attached hydrogens (tertiary/aromatic N) is 2. The Morgan fingerprint density at radius 3 is 2.60 bits per heavy atom. The predicted molar refractivity (Wildman–Crippen MR) is 159 cm³/mol. The van der Waals surface area contributed by atoms with Crippen molar-refractivity contribution in [1.29, 1.82) is 5.41 Å². The monoisotopic (exact) mass is 613 g/mol. The number of benzene rings is 1. The Morgan fingerprint density at radius 2 is 1.95 bits per heavy atom. The molecule has 15 heteroatoms. The standard InChI is InChI=1S/C28H35N7O7S/c1-4-42-27(38)19(32-25(36)22-23(43(40)41)17-7-5-6-8-21(17)34(22)3)14-31-28(39)33-18-11-12-35(26(18)37)20-10-9-16(24(29)30)13-15(20)2/h5-10,13,15,18-20,22H,4,11-12,14H2,1-3H3,(H3,29,30)(H,32,36)(H2,31,33,39). The fourth-order valence-electron chi connectivity index (χ4n) is 5.53. The van der Waals surface area contributed by atoms with Crippen LogP contribution in [0.1, 0.15) is 25.8 Å². The van der Waals surface area contributed by atoms with Crippen molar-refractivity contribution < 1.29 is 32.3 Å². The molecule has 230 valence electrons. The van der Waals surface area contributed by atoms with Gasteiger partial charge in [-0.25, -0.2) is 9.59 Å². The molecule has 2 aliphatic heterocycles. The van der Waals surface area contributed by atoms with Gasteiger partial charge in [0.2, 0.25) is 22.1 Å². The Hall–Kier alpha value is -4.66. The topological polar surface area (TPSA) is 204 Å². The van der Waals surface area contributed by atoms with Crippen LogP contribution in [-0.2, 0) is 29.4 Å². The number of carbonyl (C=O) groups excluding carboxylic acids is 4. The van der Waals surface area contributed by atoms with Crippen LogP contribution in [0.15, 0.2) is 48.1 Å². The van der Waals surface area contributed by atoms with Gasteiger partial charge in [0.25, 0.3) is 0 Å². The number of anilines is 1. The van der Waals surface area contributed by atoms with Crippen molar-refractivity contribution >= 4 is 50.5 Å². The van der Waals surface area contributed by atoms with E-state index in [-0.39, 0.29) is 41.7 Å². The number of urea groups is 1. The summed E-state index contributed by atoms with van der Waals surface area (Å²) < 4.78 is 29.2. The Kier molecular flexibility index (Phi) is 9.53. The van der Waals surface area contributed by atoms with Gasteiger partial charge in [-0.15, -0.1) is 0 Å². The first-order chi connectivity index (χ1) is 20.4. The molecule has 1 fully saturated rings. The summed E-state index contributed by atoms with van der Waals surface area (Å²) >= 11 is 0. The second-order valence-electron chi connectivity index (χ2n) is 10.4. The molecule has 1 aliphatic carbocycles. The van der Waals surface area contributed by atoms with E-state index in [9.17, 15) is 27.6 Å². The highest BCUT2D eigenvalue weighted by molar-refractivity contribution is 7.73. The van der Waals surface area contributed by atoms with Crippen molar-refractivity contribution in [3.8, 4) is 0 Å². The molecule has 1 saturated heterocycles. The minimum absolute atomic E-state index is 0.0116. The normalized spacial score (nSPS) is 23.3. The molecule has 14 nitrogen and oxygen atoms in total. The molecule has 0 saturated carbocycles. The van der Waals surface area contributed by atoms with Gasteiger partial charge >= 0.3 is 12.0 Å². The highest BCUT2D eigenvalue weighted by Gasteiger charge is 2.41. The number of para-hydroxylation sites is 1. The van der Waals surface area contributed by atoms with Gasteiger partial charge in [0.05, 0.1) is 19.2 Å². The summed E-state index contributed by atoms with van der Waals surface area (Å²) in [5, 5.41) is 15.3. The Labute approximate surface area is 250 Å². The number of ether oxygens (including phenoxy) is 1. The van der Waals surface area contributed by atoms with Gasteiger partial charge in [0, 0.05) is 30.4 Å². The van der Waals surface area contributed by atoms with Gasteiger partial charge in [0.15, 0.2) is 0 Å². The number of amides is 4. The van der Waals surface area contributed by atoms with Crippen molar-refractivity contribution in [2.75, 3.05) is 31.6 Å². The van der Waals surface area contributed by atoms with Crippen LogP contribution in [0.3, 0.4) is 0 Å². The summed E-state index contributed by atoms with van der Waals surface area (Å²) in [6.07, 6.45) is 5.72. The number of hydrogen-bond acceptors (Lipinski definition) is 9. The number of hydrogen-bond donors (Lipinski definition) is 5. The molecular weight excluding hydrogens is 578 g/mol. The summed E-state index contributed by atoms with van der Waals surface area (Å²) in [5.74, 6) is -2.00. The van der Waals surface area contributed by atoms with Crippen molar-refractivity contribution in [3.63, 3.8) is 0 Å². The van der Waals surface area contributed by atoms with E-state index in [0.29, 0.717) is 29.8 Å². The van der Waals surface area contributed by atoms with Crippen LogP contribution in [0.25, 0.3) is 0 Å². The number of fused-ring (bicyclic) bond motifs is 1. The molecule has 1 aromatic carbocycles. The molecule has 5 atom stereocenters. The quantitative estimate of drug-likeness (QED) is 0.103.